The lowest BCUT2D eigenvalue weighted by Gasteiger charge is -2.13. The van der Waals surface area contributed by atoms with E-state index in [0.29, 0.717) is 18.7 Å². The minimum Gasteiger partial charge on any atom is -0.383 e. The van der Waals surface area contributed by atoms with Crippen LogP contribution in [0.25, 0.3) is 6.08 Å². The first kappa shape index (κ1) is 22.5. The summed E-state index contributed by atoms with van der Waals surface area (Å²) in [5, 5.41) is 2.80. The van der Waals surface area contributed by atoms with E-state index in [0.717, 1.165) is 11.3 Å². The van der Waals surface area contributed by atoms with Gasteiger partial charge in [-0.15, -0.1) is 0 Å². The number of methoxy groups -OCH3 is 1. The van der Waals surface area contributed by atoms with Gasteiger partial charge in [-0.25, -0.2) is 8.42 Å². The molecule has 6 nitrogen and oxygen atoms in total. The number of benzene rings is 2. The second-order valence-electron chi connectivity index (χ2n) is 7.08. The number of nitrogens with zero attached hydrogens (tertiary/aromatic N) is 1. The number of anilines is 1. The van der Waals surface area contributed by atoms with Crippen LogP contribution in [-0.2, 0) is 25.9 Å². The maximum Gasteiger partial charge on any atom is 0.249 e. The van der Waals surface area contributed by atoms with Crippen molar-refractivity contribution in [1.29, 1.82) is 0 Å². The molecule has 3 rings (SSSR count). The van der Waals surface area contributed by atoms with Gasteiger partial charge in [0.15, 0.2) is 0 Å². The number of aromatic nitrogens is 1. The molecule has 1 N–H and O–H groups in total. The highest BCUT2D eigenvalue weighted by Crippen LogP contribution is 2.35. The number of carbonyl (C=O) groups excluding carboxylic acids is 1. The molecule has 31 heavy (non-hydrogen) atoms. The maximum absolute atomic E-state index is 13.5. The average molecular weight is 439 g/mol. The first-order chi connectivity index (χ1) is 14.9. The molecule has 0 aliphatic rings. The van der Waals surface area contributed by atoms with Crippen molar-refractivity contribution in [2.24, 2.45) is 0 Å². The highest BCUT2D eigenvalue weighted by Gasteiger charge is 2.30. The second-order valence-corrected chi connectivity index (χ2v) is 8.97. The van der Waals surface area contributed by atoms with Gasteiger partial charge in [-0.05, 0) is 43.2 Å². The largest absolute Gasteiger partial charge is 0.383 e. The minimum absolute atomic E-state index is 0.105. The molecule has 1 heterocycles. The van der Waals surface area contributed by atoms with E-state index < -0.39 is 15.7 Å². The topological polar surface area (TPSA) is 77.4 Å². The zero-order valence-electron chi connectivity index (χ0n) is 17.8. The zero-order chi connectivity index (χ0) is 22.4. The summed E-state index contributed by atoms with van der Waals surface area (Å²) < 4.78 is 33.9. The van der Waals surface area contributed by atoms with Crippen LogP contribution >= 0.6 is 0 Å². The number of hydrogen-bond donors (Lipinski definition) is 1. The lowest BCUT2D eigenvalue weighted by atomic mass is 10.2. The molecule has 7 heteroatoms. The lowest BCUT2D eigenvalue weighted by molar-refractivity contribution is -0.111. The Kier molecular flexibility index (Phi) is 7.09. The summed E-state index contributed by atoms with van der Waals surface area (Å²) in [5.41, 5.74) is 2.23. The molecule has 0 saturated carbocycles. The van der Waals surface area contributed by atoms with Crippen LogP contribution in [0.15, 0.2) is 76.5 Å². The van der Waals surface area contributed by atoms with Crippen LogP contribution in [0.5, 0.6) is 0 Å². The average Bonchev–Trinajstić information content (AvgIpc) is 3.01. The van der Waals surface area contributed by atoms with Crippen molar-refractivity contribution in [2.45, 2.75) is 30.2 Å². The van der Waals surface area contributed by atoms with Gasteiger partial charge in [0.25, 0.3) is 0 Å². The molecular formula is C24H26N2O4S. The van der Waals surface area contributed by atoms with Crippen LogP contribution in [-0.4, -0.2) is 32.6 Å². The molecule has 0 bridgehead atoms. The predicted molar refractivity (Wildman–Crippen MR) is 122 cm³/mol. The van der Waals surface area contributed by atoms with Gasteiger partial charge in [0.2, 0.25) is 15.7 Å². The summed E-state index contributed by atoms with van der Waals surface area (Å²) in [5.74, 6) is -0.164. The van der Waals surface area contributed by atoms with Crippen molar-refractivity contribution in [3.63, 3.8) is 0 Å². The van der Waals surface area contributed by atoms with Crippen LogP contribution in [0.4, 0.5) is 5.82 Å². The van der Waals surface area contributed by atoms with Crippen LogP contribution in [0.1, 0.15) is 16.8 Å². The third-order valence-corrected chi connectivity index (χ3v) is 7.01. The molecule has 0 unspecified atom stereocenters. The van der Waals surface area contributed by atoms with Gasteiger partial charge >= 0.3 is 0 Å². The standard InChI is InChI=1S/C24H26N2O4S/c1-18-19(2)26(16-17-30-3)24(23(18)31(28,29)21-12-8-5-9-13-21)25-22(27)15-14-20-10-6-4-7-11-20/h4-15H,16-17H2,1-3H3,(H,25,27)/b15-14+. The second kappa shape index (κ2) is 9.76. The van der Waals surface area contributed by atoms with Gasteiger partial charge in [0, 0.05) is 25.4 Å². The Morgan fingerprint density at radius 1 is 1.03 bits per heavy atom. The van der Waals surface area contributed by atoms with Crippen molar-refractivity contribution < 1.29 is 17.9 Å². The molecule has 0 saturated heterocycles. The molecule has 0 radical (unpaired) electrons. The molecule has 1 amide bonds. The summed E-state index contributed by atoms with van der Waals surface area (Å²) in [4.78, 5) is 13.0. The van der Waals surface area contributed by atoms with Gasteiger partial charge in [0.05, 0.1) is 11.5 Å². The Bertz CT molecular complexity index is 1180. The Morgan fingerprint density at radius 3 is 2.26 bits per heavy atom. The molecular weight excluding hydrogens is 412 g/mol. The van der Waals surface area contributed by atoms with E-state index in [4.69, 9.17) is 4.74 Å². The molecule has 162 valence electrons. The van der Waals surface area contributed by atoms with Crippen LogP contribution in [0, 0.1) is 13.8 Å². The van der Waals surface area contributed by atoms with Gasteiger partial charge in [-0.1, -0.05) is 48.5 Å². The van der Waals surface area contributed by atoms with Gasteiger partial charge in [0.1, 0.15) is 10.7 Å². The number of hydrogen-bond acceptors (Lipinski definition) is 4. The monoisotopic (exact) mass is 438 g/mol. The molecule has 0 aliphatic heterocycles. The van der Waals surface area contributed by atoms with Gasteiger partial charge in [-0.2, -0.15) is 0 Å². The summed E-state index contributed by atoms with van der Waals surface area (Å²) in [6.45, 7) is 4.38. The van der Waals surface area contributed by atoms with Gasteiger partial charge < -0.3 is 14.6 Å². The van der Waals surface area contributed by atoms with Gasteiger partial charge in [-0.3, -0.25) is 4.79 Å². The molecule has 2 aromatic carbocycles. The molecule has 0 fully saturated rings. The molecule has 0 atom stereocenters. The van der Waals surface area contributed by atoms with Crippen molar-refractivity contribution in [2.75, 3.05) is 19.0 Å². The molecule has 1 aromatic heterocycles. The van der Waals surface area contributed by atoms with Crippen molar-refractivity contribution in [3.05, 3.63) is 83.6 Å². The lowest BCUT2D eigenvalue weighted by Crippen LogP contribution is -2.17. The number of amides is 1. The number of nitrogens with one attached hydrogen (secondary N) is 1. The van der Waals surface area contributed by atoms with Crippen molar-refractivity contribution in [3.8, 4) is 0 Å². The normalized spacial score (nSPS) is 11.7. The van der Waals surface area contributed by atoms with Crippen LogP contribution in [0.2, 0.25) is 0 Å². The Labute approximate surface area is 183 Å². The Morgan fingerprint density at radius 2 is 1.65 bits per heavy atom. The van der Waals surface area contributed by atoms with E-state index in [1.165, 1.54) is 6.08 Å². The summed E-state index contributed by atoms with van der Waals surface area (Å²) >= 11 is 0. The molecule has 0 aliphatic carbocycles. The number of carbonyl (C=O) groups is 1. The van der Waals surface area contributed by atoms with E-state index in [-0.39, 0.29) is 15.6 Å². The molecule has 0 spiro atoms. The first-order valence-electron chi connectivity index (χ1n) is 9.89. The van der Waals surface area contributed by atoms with E-state index in [1.807, 2.05) is 37.3 Å². The Balaban J connectivity index is 2.05. The summed E-state index contributed by atoms with van der Waals surface area (Å²) in [6.07, 6.45) is 3.08. The summed E-state index contributed by atoms with van der Waals surface area (Å²) in [6, 6.07) is 17.6. The fraction of sp³-hybridized carbons (Fsp3) is 0.208. The fourth-order valence-electron chi connectivity index (χ4n) is 3.36. The zero-order valence-corrected chi connectivity index (χ0v) is 18.6. The van der Waals surface area contributed by atoms with Crippen LogP contribution < -0.4 is 5.32 Å². The van der Waals surface area contributed by atoms with E-state index in [2.05, 4.69) is 5.32 Å². The van der Waals surface area contributed by atoms with E-state index >= 15 is 0 Å². The first-order valence-corrected chi connectivity index (χ1v) is 11.4. The van der Waals surface area contributed by atoms with Crippen molar-refractivity contribution in [1.82, 2.24) is 4.57 Å². The highest BCUT2D eigenvalue weighted by atomic mass is 32.2. The van der Waals surface area contributed by atoms with Crippen molar-refractivity contribution >= 4 is 27.6 Å². The fourth-order valence-corrected chi connectivity index (χ4v) is 5.08. The third-order valence-electron chi connectivity index (χ3n) is 5.08. The minimum atomic E-state index is -3.84. The third kappa shape index (κ3) is 4.95. The highest BCUT2D eigenvalue weighted by molar-refractivity contribution is 7.91. The number of sulfone groups is 1. The van der Waals surface area contributed by atoms with E-state index in [1.54, 1.807) is 55.0 Å². The molecule has 3 aromatic rings. The number of rotatable bonds is 8. The maximum atomic E-state index is 13.5. The predicted octanol–water partition coefficient (Wildman–Crippen LogP) is 4.24. The number of ether oxygens (including phenoxy) is 1. The van der Waals surface area contributed by atoms with E-state index in [9.17, 15) is 13.2 Å². The smallest absolute Gasteiger partial charge is 0.249 e. The summed E-state index contributed by atoms with van der Waals surface area (Å²) in [7, 11) is -2.26. The SMILES string of the molecule is COCCn1c(C)c(C)c(S(=O)(=O)c2ccccc2)c1NC(=O)/C=C/c1ccccc1. The quantitative estimate of drug-likeness (QED) is 0.534. The van der Waals surface area contributed by atoms with Crippen LogP contribution in [0.3, 0.4) is 0 Å². The Hall–Kier alpha value is -3.16.